The van der Waals surface area contributed by atoms with E-state index in [1.165, 1.54) is 6.07 Å². The van der Waals surface area contributed by atoms with Crippen LogP contribution in [-0.2, 0) is 0 Å². The van der Waals surface area contributed by atoms with Crippen LogP contribution in [0.1, 0.15) is 10.4 Å². The van der Waals surface area contributed by atoms with Gasteiger partial charge in [0.2, 0.25) is 0 Å². The number of benzene rings is 2. The Balaban J connectivity index is 2.86. The van der Waals surface area contributed by atoms with E-state index < -0.39 is 5.97 Å². The molecule has 0 radical (unpaired) electrons. The number of rotatable bonds is 2. The van der Waals surface area contributed by atoms with E-state index >= 15 is 0 Å². The molecule has 0 unspecified atom stereocenters. The van der Waals surface area contributed by atoms with Crippen LogP contribution in [0.2, 0.25) is 5.02 Å². The van der Waals surface area contributed by atoms with E-state index in [0.717, 1.165) is 5.39 Å². The predicted octanol–water partition coefficient (Wildman–Crippen LogP) is 3.92. The number of carboxylic acid groups (broad SMARTS) is 1. The highest BCUT2D eigenvalue weighted by Crippen LogP contribution is 2.34. The van der Waals surface area contributed by atoms with Gasteiger partial charge in [-0.1, -0.05) is 29.8 Å². The normalized spacial score (nSPS) is 10.4. The van der Waals surface area contributed by atoms with Gasteiger partial charge in [-0.3, -0.25) is 0 Å². The molecule has 0 saturated carbocycles. The average Bonchev–Trinajstić information content (AvgIpc) is 2.27. The SMILES string of the molecule is O=C(O)c1ccc2c(Cl)cccc2c1OI. The first-order valence-electron chi connectivity index (χ1n) is 4.38. The van der Waals surface area contributed by atoms with Gasteiger partial charge in [0, 0.05) is 15.8 Å². The summed E-state index contributed by atoms with van der Waals surface area (Å²) in [6, 6.07) is 8.46. The van der Waals surface area contributed by atoms with Gasteiger partial charge in [0.25, 0.3) is 0 Å². The van der Waals surface area contributed by atoms with E-state index in [1.807, 2.05) is 0 Å². The molecular formula is C11H6ClIO3. The van der Waals surface area contributed by atoms with Gasteiger partial charge in [-0.15, -0.1) is 0 Å². The summed E-state index contributed by atoms with van der Waals surface area (Å²) < 4.78 is 5.11. The standard InChI is InChI=1S/C11H6ClIO3/c12-9-3-1-2-7-6(9)4-5-8(11(14)15)10(7)16-13/h1-5H,(H,14,15). The van der Waals surface area contributed by atoms with Crippen molar-refractivity contribution in [1.29, 1.82) is 0 Å². The summed E-state index contributed by atoms with van der Waals surface area (Å²) >= 11 is 7.68. The van der Waals surface area contributed by atoms with Gasteiger partial charge in [0.15, 0.2) is 28.8 Å². The van der Waals surface area contributed by atoms with Crippen LogP contribution in [0.25, 0.3) is 10.8 Å². The highest BCUT2D eigenvalue weighted by molar-refractivity contribution is 14.1. The quantitative estimate of drug-likeness (QED) is 0.837. The third kappa shape index (κ3) is 1.82. The molecule has 0 saturated heterocycles. The molecule has 2 aromatic carbocycles. The summed E-state index contributed by atoms with van der Waals surface area (Å²) in [5.41, 5.74) is 0.129. The van der Waals surface area contributed by atoms with Crippen molar-refractivity contribution in [3.05, 3.63) is 40.9 Å². The molecule has 0 aromatic heterocycles. The van der Waals surface area contributed by atoms with Crippen molar-refractivity contribution in [1.82, 2.24) is 0 Å². The van der Waals surface area contributed by atoms with E-state index in [2.05, 4.69) is 0 Å². The number of fused-ring (bicyclic) bond motifs is 1. The van der Waals surface area contributed by atoms with Crippen molar-refractivity contribution in [2.24, 2.45) is 0 Å². The zero-order valence-corrected chi connectivity index (χ0v) is 10.8. The molecule has 0 aliphatic heterocycles. The molecule has 2 rings (SSSR count). The number of carboxylic acids is 1. The maximum absolute atomic E-state index is 11.0. The Hall–Kier alpha value is -1.01. The molecule has 16 heavy (non-hydrogen) atoms. The van der Waals surface area contributed by atoms with Crippen molar-refractivity contribution in [3.63, 3.8) is 0 Å². The van der Waals surface area contributed by atoms with Crippen molar-refractivity contribution >= 4 is 51.3 Å². The molecule has 5 heteroatoms. The topological polar surface area (TPSA) is 46.5 Å². The van der Waals surface area contributed by atoms with E-state index in [1.54, 1.807) is 47.3 Å². The Bertz CT molecular complexity index is 568. The van der Waals surface area contributed by atoms with Crippen LogP contribution in [-0.4, -0.2) is 11.1 Å². The molecule has 0 atom stereocenters. The molecule has 2 aromatic rings. The number of hydrogen-bond acceptors (Lipinski definition) is 2. The Morgan fingerprint density at radius 3 is 2.62 bits per heavy atom. The minimum atomic E-state index is -1.02. The first-order chi connectivity index (χ1) is 7.65. The second kappa shape index (κ2) is 4.47. The Morgan fingerprint density at radius 1 is 1.25 bits per heavy atom. The fraction of sp³-hybridized carbons (Fsp3) is 0. The highest BCUT2D eigenvalue weighted by atomic mass is 127. The fourth-order valence-corrected chi connectivity index (χ4v) is 2.26. The molecule has 0 bridgehead atoms. The minimum absolute atomic E-state index is 0.129. The summed E-state index contributed by atoms with van der Waals surface area (Å²) in [5, 5.41) is 11.1. The Labute approximate surface area is 111 Å². The molecule has 0 heterocycles. The van der Waals surface area contributed by atoms with Crippen molar-refractivity contribution in [2.75, 3.05) is 0 Å². The predicted molar refractivity (Wildman–Crippen MR) is 70.6 cm³/mol. The summed E-state index contributed by atoms with van der Waals surface area (Å²) in [6.45, 7) is 0. The number of carbonyl (C=O) groups is 1. The number of aromatic carboxylic acids is 1. The Kier molecular flexibility index (Phi) is 3.20. The lowest BCUT2D eigenvalue weighted by Gasteiger charge is -2.08. The van der Waals surface area contributed by atoms with Crippen LogP contribution >= 0.6 is 34.6 Å². The molecule has 0 spiro atoms. The minimum Gasteiger partial charge on any atom is -0.478 e. The van der Waals surface area contributed by atoms with Crippen LogP contribution in [0.15, 0.2) is 30.3 Å². The van der Waals surface area contributed by atoms with Crippen LogP contribution in [0.5, 0.6) is 5.75 Å². The molecule has 3 nitrogen and oxygen atoms in total. The zero-order chi connectivity index (χ0) is 11.7. The highest BCUT2D eigenvalue weighted by Gasteiger charge is 2.15. The third-order valence-electron chi connectivity index (χ3n) is 2.27. The van der Waals surface area contributed by atoms with Gasteiger partial charge >= 0.3 is 5.97 Å². The third-order valence-corrected chi connectivity index (χ3v) is 3.04. The molecule has 0 aliphatic rings. The first kappa shape index (κ1) is 11.5. The Morgan fingerprint density at radius 2 is 2.00 bits per heavy atom. The summed E-state index contributed by atoms with van der Waals surface area (Å²) in [4.78, 5) is 11.0. The number of hydrogen-bond donors (Lipinski definition) is 1. The monoisotopic (exact) mass is 348 g/mol. The van der Waals surface area contributed by atoms with E-state index in [-0.39, 0.29) is 5.56 Å². The van der Waals surface area contributed by atoms with Gasteiger partial charge in [-0.25, -0.2) is 4.79 Å². The van der Waals surface area contributed by atoms with Crippen LogP contribution in [0.3, 0.4) is 0 Å². The molecular weight excluding hydrogens is 342 g/mol. The van der Waals surface area contributed by atoms with Crippen LogP contribution < -0.4 is 3.07 Å². The van der Waals surface area contributed by atoms with Crippen molar-refractivity contribution < 1.29 is 13.0 Å². The van der Waals surface area contributed by atoms with Crippen molar-refractivity contribution in [3.8, 4) is 5.75 Å². The molecule has 0 aliphatic carbocycles. The zero-order valence-electron chi connectivity index (χ0n) is 7.91. The number of halogens is 2. The molecule has 0 amide bonds. The van der Waals surface area contributed by atoms with Gasteiger partial charge in [-0.2, -0.15) is 0 Å². The van der Waals surface area contributed by atoms with Crippen molar-refractivity contribution in [2.45, 2.75) is 0 Å². The maximum atomic E-state index is 11.0. The second-order valence-corrected chi connectivity index (χ2v) is 4.01. The maximum Gasteiger partial charge on any atom is 0.339 e. The van der Waals surface area contributed by atoms with Gasteiger partial charge in [0.05, 0.1) is 0 Å². The van der Waals surface area contributed by atoms with Gasteiger partial charge in [-0.05, 0) is 12.1 Å². The summed E-state index contributed by atoms with van der Waals surface area (Å²) in [7, 11) is 0. The largest absolute Gasteiger partial charge is 0.478 e. The second-order valence-electron chi connectivity index (χ2n) is 3.16. The lowest BCUT2D eigenvalue weighted by atomic mass is 10.1. The molecule has 82 valence electrons. The van der Waals surface area contributed by atoms with E-state index in [4.69, 9.17) is 19.8 Å². The van der Waals surface area contributed by atoms with Gasteiger partial charge < -0.3 is 8.17 Å². The smallest absolute Gasteiger partial charge is 0.339 e. The van der Waals surface area contributed by atoms with Gasteiger partial charge in [0.1, 0.15) is 5.56 Å². The molecule has 1 N–H and O–H groups in total. The van der Waals surface area contributed by atoms with Crippen LogP contribution in [0, 0.1) is 0 Å². The van der Waals surface area contributed by atoms with Crippen LogP contribution in [0.4, 0.5) is 0 Å². The fourth-order valence-electron chi connectivity index (χ4n) is 1.54. The van der Waals surface area contributed by atoms with E-state index in [9.17, 15) is 4.79 Å². The van der Waals surface area contributed by atoms with E-state index in [0.29, 0.717) is 16.2 Å². The molecule has 0 fully saturated rings. The average molecular weight is 349 g/mol. The summed E-state index contributed by atoms with van der Waals surface area (Å²) in [6.07, 6.45) is 0. The summed E-state index contributed by atoms with van der Waals surface area (Å²) in [5.74, 6) is -0.693. The lowest BCUT2D eigenvalue weighted by molar-refractivity contribution is 0.0695. The first-order valence-corrected chi connectivity index (χ1v) is 5.64. The lowest BCUT2D eigenvalue weighted by Crippen LogP contribution is -1.98.